The second-order valence-electron chi connectivity index (χ2n) is 3.88. The van der Waals surface area contributed by atoms with Gasteiger partial charge in [-0.2, -0.15) is 11.8 Å². The van der Waals surface area contributed by atoms with Gasteiger partial charge in [0.2, 0.25) is 0 Å². The lowest BCUT2D eigenvalue weighted by Crippen LogP contribution is -2.24. The lowest BCUT2D eigenvalue weighted by atomic mass is 10.1. The van der Waals surface area contributed by atoms with Crippen molar-refractivity contribution in [2.24, 2.45) is 0 Å². The summed E-state index contributed by atoms with van der Waals surface area (Å²) >= 11 is 8.02. The van der Waals surface area contributed by atoms with Crippen LogP contribution in [0.25, 0.3) is 0 Å². The number of hydrogen-bond donors (Lipinski definition) is 1. The number of benzene rings is 1. The maximum atomic E-state index is 5.99. The van der Waals surface area contributed by atoms with Crippen molar-refractivity contribution in [1.82, 2.24) is 0 Å². The Kier molecular flexibility index (Phi) is 4.24. The van der Waals surface area contributed by atoms with E-state index >= 15 is 0 Å². The molecule has 2 rings (SSSR count). The Bertz CT molecular complexity index is 353. The molecule has 1 heterocycles. The second kappa shape index (κ2) is 5.69. The summed E-state index contributed by atoms with van der Waals surface area (Å²) in [6.45, 7) is 0. The van der Waals surface area contributed by atoms with E-state index in [-0.39, 0.29) is 0 Å². The lowest BCUT2D eigenvalue weighted by molar-refractivity contribution is 0.415. The Morgan fingerprint density at radius 3 is 2.81 bits per heavy atom. The fourth-order valence-corrected chi connectivity index (χ4v) is 3.13. The van der Waals surface area contributed by atoms with Crippen LogP contribution in [0.3, 0.4) is 0 Å². The van der Waals surface area contributed by atoms with Crippen LogP contribution in [-0.2, 0) is 0 Å². The Labute approximate surface area is 106 Å². The third-order valence-corrected chi connectivity index (χ3v) is 4.03. The van der Waals surface area contributed by atoms with Crippen molar-refractivity contribution in [3.05, 3.63) is 23.2 Å². The molecule has 4 heteroatoms. The first-order chi connectivity index (χ1) is 7.79. The minimum Gasteiger partial charge on any atom is -0.495 e. The molecule has 0 spiro atoms. The molecule has 1 saturated heterocycles. The topological polar surface area (TPSA) is 21.3 Å². The number of halogens is 1. The molecule has 0 unspecified atom stereocenters. The highest BCUT2D eigenvalue weighted by atomic mass is 35.5. The number of rotatable bonds is 3. The minimum absolute atomic E-state index is 0.550. The highest BCUT2D eigenvalue weighted by molar-refractivity contribution is 7.99. The van der Waals surface area contributed by atoms with Gasteiger partial charge in [0.15, 0.2) is 0 Å². The highest BCUT2D eigenvalue weighted by Gasteiger charge is 2.15. The number of methoxy groups -OCH3 is 1. The summed E-state index contributed by atoms with van der Waals surface area (Å²) in [5.74, 6) is 3.34. The normalized spacial score (nSPS) is 17.1. The Morgan fingerprint density at radius 2 is 2.12 bits per heavy atom. The largest absolute Gasteiger partial charge is 0.495 e. The van der Waals surface area contributed by atoms with Gasteiger partial charge in [0.05, 0.1) is 12.8 Å². The predicted octanol–water partition coefficient (Wildman–Crippen LogP) is 3.66. The molecule has 16 heavy (non-hydrogen) atoms. The van der Waals surface area contributed by atoms with E-state index in [4.69, 9.17) is 16.3 Å². The third-order valence-electron chi connectivity index (χ3n) is 2.74. The van der Waals surface area contributed by atoms with E-state index in [1.165, 1.54) is 24.3 Å². The molecule has 1 fully saturated rings. The SMILES string of the molecule is COc1ccc(Cl)cc1NC1CCSCC1. The molecule has 0 radical (unpaired) electrons. The molecular weight excluding hydrogens is 242 g/mol. The van der Waals surface area contributed by atoms with Gasteiger partial charge in [0.25, 0.3) is 0 Å². The molecule has 1 aliphatic rings. The van der Waals surface area contributed by atoms with E-state index in [1.54, 1.807) is 7.11 Å². The van der Waals surface area contributed by atoms with Crippen LogP contribution in [0.15, 0.2) is 18.2 Å². The molecule has 2 nitrogen and oxygen atoms in total. The fraction of sp³-hybridized carbons (Fsp3) is 0.500. The summed E-state index contributed by atoms with van der Waals surface area (Å²) < 4.78 is 5.32. The quantitative estimate of drug-likeness (QED) is 0.893. The summed E-state index contributed by atoms with van der Waals surface area (Å²) in [7, 11) is 1.69. The first-order valence-corrected chi connectivity index (χ1v) is 7.00. The van der Waals surface area contributed by atoms with E-state index in [0.717, 1.165) is 16.5 Å². The summed E-state index contributed by atoms with van der Waals surface area (Å²) in [6, 6.07) is 6.24. The monoisotopic (exact) mass is 257 g/mol. The summed E-state index contributed by atoms with van der Waals surface area (Å²) in [5.41, 5.74) is 1.01. The molecule has 0 amide bonds. The van der Waals surface area contributed by atoms with Crippen LogP contribution >= 0.6 is 23.4 Å². The summed E-state index contributed by atoms with van der Waals surface area (Å²) in [5, 5.41) is 4.26. The highest BCUT2D eigenvalue weighted by Crippen LogP contribution is 2.30. The number of nitrogens with one attached hydrogen (secondary N) is 1. The molecule has 0 bridgehead atoms. The zero-order chi connectivity index (χ0) is 11.4. The maximum absolute atomic E-state index is 5.99. The van der Waals surface area contributed by atoms with Crippen LogP contribution in [0.5, 0.6) is 5.75 Å². The molecular formula is C12H16ClNOS. The van der Waals surface area contributed by atoms with Crippen LogP contribution in [0.2, 0.25) is 5.02 Å². The van der Waals surface area contributed by atoms with Crippen molar-refractivity contribution in [3.63, 3.8) is 0 Å². The molecule has 0 aromatic heterocycles. The predicted molar refractivity (Wildman–Crippen MR) is 72.0 cm³/mol. The number of hydrogen-bond acceptors (Lipinski definition) is 3. The Balaban J connectivity index is 2.09. The molecule has 0 saturated carbocycles. The fourth-order valence-electron chi connectivity index (χ4n) is 1.85. The van der Waals surface area contributed by atoms with Crippen LogP contribution < -0.4 is 10.1 Å². The zero-order valence-electron chi connectivity index (χ0n) is 9.33. The van der Waals surface area contributed by atoms with Gasteiger partial charge in [-0.3, -0.25) is 0 Å². The smallest absolute Gasteiger partial charge is 0.142 e. The van der Waals surface area contributed by atoms with E-state index < -0.39 is 0 Å². The van der Waals surface area contributed by atoms with Gasteiger partial charge >= 0.3 is 0 Å². The first-order valence-electron chi connectivity index (χ1n) is 5.47. The molecule has 1 N–H and O–H groups in total. The van der Waals surface area contributed by atoms with Gasteiger partial charge in [-0.25, -0.2) is 0 Å². The van der Waals surface area contributed by atoms with Crippen LogP contribution in [0.4, 0.5) is 5.69 Å². The molecule has 1 aliphatic heterocycles. The van der Waals surface area contributed by atoms with Crippen molar-refractivity contribution in [3.8, 4) is 5.75 Å². The Hall–Kier alpha value is -0.540. The maximum Gasteiger partial charge on any atom is 0.142 e. The van der Waals surface area contributed by atoms with Crippen molar-refractivity contribution < 1.29 is 4.74 Å². The second-order valence-corrected chi connectivity index (χ2v) is 5.54. The van der Waals surface area contributed by atoms with Gasteiger partial charge in [-0.1, -0.05) is 11.6 Å². The van der Waals surface area contributed by atoms with Gasteiger partial charge in [0.1, 0.15) is 5.75 Å². The van der Waals surface area contributed by atoms with Gasteiger partial charge in [0, 0.05) is 11.1 Å². The van der Waals surface area contributed by atoms with E-state index in [9.17, 15) is 0 Å². The standard InChI is InChI=1S/C12H16ClNOS/c1-15-12-3-2-9(13)8-11(12)14-10-4-6-16-7-5-10/h2-3,8,10,14H,4-7H2,1H3. The molecule has 0 aliphatic carbocycles. The van der Waals surface area contributed by atoms with Crippen molar-refractivity contribution >= 4 is 29.1 Å². The number of anilines is 1. The van der Waals surface area contributed by atoms with Gasteiger partial charge < -0.3 is 10.1 Å². The minimum atomic E-state index is 0.550. The number of thioether (sulfide) groups is 1. The third kappa shape index (κ3) is 2.98. The van der Waals surface area contributed by atoms with E-state index in [1.807, 2.05) is 30.0 Å². The Morgan fingerprint density at radius 1 is 1.38 bits per heavy atom. The molecule has 88 valence electrons. The lowest BCUT2D eigenvalue weighted by Gasteiger charge is -2.24. The van der Waals surface area contributed by atoms with Gasteiger partial charge in [-0.15, -0.1) is 0 Å². The van der Waals surface area contributed by atoms with Crippen molar-refractivity contribution in [2.45, 2.75) is 18.9 Å². The van der Waals surface area contributed by atoms with Gasteiger partial charge in [-0.05, 0) is 42.5 Å². The molecule has 0 atom stereocenters. The van der Waals surface area contributed by atoms with Crippen LogP contribution in [0, 0.1) is 0 Å². The first kappa shape index (κ1) is 11.9. The van der Waals surface area contributed by atoms with E-state index in [2.05, 4.69) is 5.32 Å². The summed E-state index contributed by atoms with van der Waals surface area (Å²) in [6.07, 6.45) is 2.42. The zero-order valence-corrected chi connectivity index (χ0v) is 10.9. The van der Waals surface area contributed by atoms with Crippen molar-refractivity contribution in [1.29, 1.82) is 0 Å². The summed E-state index contributed by atoms with van der Waals surface area (Å²) in [4.78, 5) is 0. The van der Waals surface area contributed by atoms with Crippen LogP contribution in [0.1, 0.15) is 12.8 Å². The number of ether oxygens (including phenoxy) is 1. The average Bonchev–Trinajstić information content (AvgIpc) is 2.31. The van der Waals surface area contributed by atoms with Crippen LogP contribution in [-0.4, -0.2) is 24.7 Å². The average molecular weight is 258 g/mol. The molecule has 1 aromatic carbocycles. The van der Waals surface area contributed by atoms with E-state index in [0.29, 0.717) is 6.04 Å². The van der Waals surface area contributed by atoms with Crippen molar-refractivity contribution in [2.75, 3.05) is 23.9 Å². The molecule has 1 aromatic rings.